The number of benzene rings is 1. The number of carbonyl (C=O) groups is 2. The molecule has 1 saturated heterocycles. The van der Waals surface area contributed by atoms with Crippen LogP contribution in [0.25, 0.3) is 0 Å². The molecule has 4 N–H and O–H groups in total. The highest BCUT2D eigenvalue weighted by molar-refractivity contribution is 5.90. The molecule has 1 saturated carbocycles. The van der Waals surface area contributed by atoms with Crippen molar-refractivity contribution in [3.05, 3.63) is 65.3 Å². The summed E-state index contributed by atoms with van der Waals surface area (Å²) in [6.45, 7) is 7.86. The summed E-state index contributed by atoms with van der Waals surface area (Å²) >= 11 is 0. The van der Waals surface area contributed by atoms with E-state index in [-0.39, 0.29) is 43.9 Å². The lowest BCUT2D eigenvalue weighted by atomic mass is 9.76. The molecule has 1 aromatic carbocycles. The van der Waals surface area contributed by atoms with Crippen LogP contribution in [0.4, 0.5) is 22.4 Å². The summed E-state index contributed by atoms with van der Waals surface area (Å²) in [5.41, 5.74) is 2.43. The third kappa shape index (κ3) is 13.7. The fourth-order valence-electron chi connectivity index (χ4n) is 5.38. The zero-order valence-corrected chi connectivity index (χ0v) is 27.5. The van der Waals surface area contributed by atoms with Crippen LogP contribution in [0, 0.1) is 24.2 Å². The molecule has 12 heteroatoms. The van der Waals surface area contributed by atoms with E-state index in [1.807, 2.05) is 50.3 Å². The molecule has 46 heavy (non-hydrogen) atoms. The molecule has 2 amide bonds. The van der Waals surface area contributed by atoms with Gasteiger partial charge in [0.05, 0.1) is 17.9 Å². The number of H-pyrrole nitrogens is 1. The zero-order valence-electron chi connectivity index (χ0n) is 27.5. The first-order chi connectivity index (χ1) is 21.7. The minimum Gasteiger partial charge on any atom is -0.445 e. The lowest BCUT2D eigenvalue weighted by Crippen LogP contribution is -2.44. The summed E-state index contributed by atoms with van der Waals surface area (Å²) in [6.07, 6.45) is 6.94. The van der Waals surface area contributed by atoms with Crippen LogP contribution in [0.15, 0.2) is 48.2 Å². The smallest absolute Gasteiger partial charge is 0.408 e. The highest BCUT2D eigenvalue weighted by Crippen LogP contribution is 2.41. The van der Waals surface area contributed by atoms with Gasteiger partial charge in [0.2, 0.25) is 5.91 Å². The maximum absolute atomic E-state index is 14.5. The fourth-order valence-corrected chi connectivity index (χ4v) is 5.38. The first-order valence-electron chi connectivity index (χ1n) is 15.8. The van der Waals surface area contributed by atoms with Gasteiger partial charge in [-0.2, -0.15) is 0 Å². The number of imidazole rings is 1. The van der Waals surface area contributed by atoms with Crippen molar-refractivity contribution >= 4 is 17.7 Å². The Labute approximate surface area is 269 Å². The Bertz CT molecular complexity index is 1270. The molecule has 0 radical (unpaired) electrons. The van der Waals surface area contributed by atoms with Crippen molar-refractivity contribution in [1.82, 2.24) is 20.6 Å². The number of hydrogen-bond acceptors (Lipinski definition) is 5. The number of allylic oxidation sites excluding steroid dienone is 2. The predicted octanol–water partition coefficient (Wildman–Crippen LogP) is 8.10. The average molecular weight is 652 g/mol. The Morgan fingerprint density at radius 2 is 1.96 bits per heavy atom. The Hall–Kier alpha value is -3.70. The summed E-state index contributed by atoms with van der Waals surface area (Å²) in [5.74, 6) is -3.79. The molecule has 1 aliphatic heterocycles. The standard InChI is InChI=1S/C20H26FN3O2.C7H10F3NO.C7H13N/c1-14-22-12-17(23-14)18(16-9-6-10-20(2,21)11-16)24-19(25)26-13-15-7-4-3-5-8-15;8-4-7(9,10)5-1-2-6(12)11-3-5;1-4-6(2)5-7(3)8/h3-5,7-8,12,16,18H,6,9-11,13H2,1-2H3,(H,22,23)(H,24,25);5H,1-4H2,(H,11,12);5,8H,4H2,1-3H3/t16-,18?,20?;;/m0../s1. The lowest BCUT2D eigenvalue weighted by Gasteiger charge is -2.36. The van der Waals surface area contributed by atoms with Crippen LogP contribution < -0.4 is 10.6 Å². The van der Waals surface area contributed by atoms with E-state index >= 15 is 0 Å². The summed E-state index contributed by atoms with van der Waals surface area (Å²) in [6, 6.07) is 9.18. The van der Waals surface area contributed by atoms with Crippen molar-refractivity contribution in [3.63, 3.8) is 0 Å². The molecule has 1 aliphatic carbocycles. The SMILES string of the molecule is CCC(C)=CC(C)=N.Cc1ncc(C(NC(=O)OCc2ccccc2)[C@H]2CCCC(C)(F)C2)[nH]1.O=C1CCC(C(F)(F)CF)CN1. The largest absolute Gasteiger partial charge is 0.445 e. The number of nitrogens with zero attached hydrogens (tertiary/aromatic N) is 1. The maximum atomic E-state index is 14.5. The Balaban J connectivity index is 0.000000303. The molecule has 0 bridgehead atoms. The zero-order chi connectivity index (χ0) is 34.3. The molecule has 4 atom stereocenters. The maximum Gasteiger partial charge on any atom is 0.408 e. The van der Waals surface area contributed by atoms with Crippen LogP contribution in [0.1, 0.15) is 95.8 Å². The van der Waals surface area contributed by atoms with Gasteiger partial charge < -0.3 is 25.8 Å². The number of halogens is 4. The second kappa shape index (κ2) is 18.4. The van der Waals surface area contributed by atoms with E-state index in [1.165, 1.54) is 5.57 Å². The number of aromatic nitrogens is 2. The van der Waals surface area contributed by atoms with Gasteiger partial charge in [-0.15, -0.1) is 0 Å². The van der Waals surface area contributed by atoms with E-state index in [9.17, 15) is 27.2 Å². The van der Waals surface area contributed by atoms with Gasteiger partial charge in [0, 0.05) is 24.6 Å². The molecule has 2 fully saturated rings. The van der Waals surface area contributed by atoms with E-state index in [0.717, 1.165) is 36.3 Å². The summed E-state index contributed by atoms with van der Waals surface area (Å²) < 4.78 is 57.0. The molecule has 8 nitrogen and oxygen atoms in total. The molecule has 2 aromatic rings. The van der Waals surface area contributed by atoms with Gasteiger partial charge in [-0.05, 0) is 83.8 Å². The first-order valence-corrected chi connectivity index (χ1v) is 15.8. The predicted molar refractivity (Wildman–Crippen MR) is 171 cm³/mol. The quantitative estimate of drug-likeness (QED) is 0.162. The number of ether oxygens (including phenoxy) is 1. The normalized spacial score (nSPS) is 22.2. The third-order valence-electron chi connectivity index (χ3n) is 8.04. The van der Waals surface area contributed by atoms with E-state index in [1.54, 1.807) is 20.0 Å². The van der Waals surface area contributed by atoms with Gasteiger partial charge >= 0.3 is 6.09 Å². The highest BCUT2D eigenvalue weighted by atomic mass is 19.3. The van der Waals surface area contributed by atoms with E-state index in [0.29, 0.717) is 18.6 Å². The van der Waals surface area contributed by atoms with Crippen molar-refractivity contribution < 1.29 is 31.9 Å². The molecule has 1 aromatic heterocycles. The number of nitrogens with one attached hydrogen (secondary N) is 4. The van der Waals surface area contributed by atoms with Crippen molar-refractivity contribution in [2.75, 3.05) is 13.2 Å². The van der Waals surface area contributed by atoms with Gasteiger partial charge in [-0.25, -0.2) is 27.3 Å². The topological polar surface area (TPSA) is 120 Å². The van der Waals surface area contributed by atoms with E-state index < -0.39 is 30.3 Å². The van der Waals surface area contributed by atoms with Gasteiger partial charge in [0.15, 0.2) is 6.67 Å². The second-order valence-electron chi connectivity index (χ2n) is 12.3. The van der Waals surface area contributed by atoms with Crippen molar-refractivity contribution in [1.29, 1.82) is 5.41 Å². The molecule has 2 heterocycles. The molecule has 4 rings (SSSR count). The highest BCUT2D eigenvalue weighted by Gasteiger charge is 2.41. The second-order valence-corrected chi connectivity index (χ2v) is 12.3. The van der Waals surface area contributed by atoms with Gasteiger partial charge in [-0.3, -0.25) is 4.79 Å². The number of rotatable bonds is 9. The monoisotopic (exact) mass is 651 g/mol. The number of alkyl halides is 4. The number of piperidine rings is 1. The van der Waals surface area contributed by atoms with Crippen LogP contribution in [0.2, 0.25) is 0 Å². The number of aromatic amines is 1. The van der Waals surface area contributed by atoms with Crippen molar-refractivity contribution in [2.45, 2.75) is 104 Å². The van der Waals surface area contributed by atoms with E-state index in [2.05, 4.69) is 27.5 Å². The molecule has 256 valence electrons. The fraction of sp³-hybridized carbons (Fsp3) is 0.588. The van der Waals surface area contributed by atoms with Gasteiger partial charge in [0.1, 0.15) is 18.1 Å². The molecule has 3 unspecified atom stereocenters. The third-order valence-corrected chi connectivity index (χ3v) is 8.04. The lowest BCUT2D eigenvalue weighted by molar-refractivity contribution is -0.128. The molecule has 2 aliphatic rings. The minimum atomic E-state index is -3.28. The van der Waals surface area contributed by atoms with Crippen LogP contribution in [0.5, 0.6) is 0 Å². The number of carbonyl (C=O) groups excluding carboxylic acids is 2. The van der Waals surface area contributed by atoms with E-state index in [4.69, 9.17) is 10.1 Å². The van der Waals surface area contributed by atoms with Crippen LogP contribution in [-0.2, 0) is 16.1 Å². The molecular weight excluding hydrogens is 602 g/mol. The Morgan fingerprint density at radius 1 is 1.26 bits per heavy atom. The van der Waals surface area contributed by atoms with Crippen LogP contribution >= 0.6 is 0 Å². The van der Waals surface area contributed by atoms with Gasteiger partial charge in [-0.1, -0.05) is 42.8 Å². The summed E-state index contributed by atoms with van der Waals surface area (Å²) in [5, 5.41) is 12.3. The number of amides is 2. The number of aryl methyl sites for hydroxylation is 1. The van der Waals surface area contributed by atoms with Crippen molar-refractivity contribution in [2.24, 2.45) is 11.8 Å². The molecule has 0 spiro atoms. The molecular formula is C34H49F4N5O3. The Morgan fingerprint density at radius 3 is 2.46 bits per heavy atom. The summed E-state index contributed by atoms with van der Waals surface area (Å²) in [7, 11) is 0. The minimum absolute atomic E-state index is 0.00266. The van der Waals surface area contributed by atoms with Crippen LogP contribution in [0.3, 0.4) is 0 Å². The Kier molecular flexibility index (Phi) is 15.4. The summed E-state index contributed by atoms with van der Waals surface area (Å²) in [4.78, 5) is 30.3. The number of hydrogen-bond donors (Lipinski definition) is 4. The van der Waals surface area contributed by atoms with Gasteiger partial charge in [0.25, 0.3) is 5.92 Å². The average Bonchev–Trinajstić information content (AvgIpc) is 3.45. The first kappa shape index (κ1) is 38.5. The van der Waals surface area contributed by atoms with Crippen molar-refractivity contribution in [3.8, 4) is 0 Å². The van der Waals surface area contributed by atoms with Crippen LogP contribution in [-0.4, -0.2) is 52.5 Å². The number of alkyl carbamates (subject to hydrolysis) is 1.